The van der Waals surface area contributed by atoms with Gasteiger partial charge < -0.3 is 16.0 Å². The number of alkyl halides is 3. The largest absolute Gasteiger partial charge is 0.416 e. The molecule has 28 heavy (non-hydrogen) atoms. The van der Waals surface area contributed by atoms with E-state index < -0.39 is 23.7 Å². The highest BCUT2D eigenvalue weighted by molar-refractivity contribution is 5.96. The van der Waals surface area contributed by atoms with E-state index in [2.05, 4.69) is 27.8 Å². The molecule has 1 aromatic rings. The Labute approximate surface area is 161 Å². The standard InChI is InChI=1S/C19H25F3N4O2/c1-2-10-23-18(28)26-17(27)12-24-16-11-13(19(20,21)22)8-9-15(16)25-14-6-4-3-5-7-14/h2,8-9,11,14,24-25H,1,3-7,10,12H2,(H2,23,26,27,28). The molecule has 0 aromatic heterocycles. The van der Waals surface area contributed by atoms with Crippen molar-refractivity contribution in [2.45, 2.75) is 44.3 Å². The number of carbonyl (C=O) groups is 2. The van der Waals surface area contributed by atoms with Crippen LogP contribution in [0.5, 0.6) is 0 Å². The van der Waals surface area contributed by atoms with Crippen LogP contribution in [0, 0.1) is 0 Å². The fraction of sp³-hybridized carbons (Fsp3) is 0.474. The average Bonchev–Trinajstić information content (AvgIpc) is 2.65. The van der Waals surface area contributed by atoms with Gasteiger partial charge in [-0.25, -0.2) is 4.79 Å². The maximum Gasteiger partial charge on any atom is 0.416 e. The Balaban J connectivity index is 2.06. The Bertz CT molecular complexity index is 701. The van der Waals surface area contributed by atoms with Gasteiger partial charge in [-0.15, -0.1) is 6.58 Å². The summed E-state index contributed by atoms with van der Waals surface area (Å²) in [5.74, 6) is -0.664. The molecule has 1 aliphatic rings. The summed E-state index contributed by atoms with van der Waals surface area (Å²) in [7, 11) is 0. The second-order valence-electron chi connectivity index (χ2n) is 6.64. The molecule has 3 amide bonds. The van der Waals surface area contributed by atoms with Crippen molar-refractivity contribution in [2.24, 2.45) is 0 Å². The van der Waals surface area contributed by atoms with Crippen molar-refractivity contribution in [3.63, 3.8) is 0 Å². The van der Waals surface area contributed by atoms with Crippen molar-refractivity contribution < 1.29 is 22.8 Å². The van der Waals surface area contributed by atoms with Crippen LogP contribution in [0.15, 0.2) is 30.9 Å². The highest BCUT2D eigenvalue weighted by Crippen LogP contribution is 2.35. The Morgan fingerprint density at radius 3 is 2.50 bits per heavy atom. The highest BCUT2D eigenvalue weighted by Gasteiger charge is 2.31. The number of nitrogens with one attached hydrogen (secondary N) is 4. The molecule has 0 heterocycles. The van der Waals surface area contributed by atoms with Gasteiger partial charge in [0.15, 0.2) is 0 Å². The van der Waals surface area contributed by atoms with E-state index in [1.54, 1.807) is 0 Å². The van der Waals surface area contributed by atoms with E-state index in [1.165, 1.54) is 12.1 Å². The van der Waals surface area contributed by atoms with E-state index in [1.807, 2.05) is 0 Å². The summed E-state index contributed by atoms with van der Waals surface area (Å²) in [4.78, 5) is 23.3. The van der Waals surface area contributed by atoms with E-state index in [-0.39, 0.29) is 24.8 Å². The third-order valence-electron chi connectivity index (χ3n) is 4.41. The second kappa shape index (κ2) is 10.0. The summed E-state index contributed by atoms with van der Waals surface area (Å²) in [6.45, 7) is 3.28. The van der Waals surface area contributed by atoms with E-state index >= 15 is 0 Å². The Kier molecular flexibility index (Phi) is 7.71. The predicted molar refractivity (Wildman–Crippen MR) is 102 cm³/mol. The van der Waals surface area contributed by atoms with Crippen LogP contribution in [0.3, 0.4) is 0 Å². The van der Waals surface area contributed by atoms with Crippen LogP contribution < -0.4 is 21.3 Å². The minimum Gasteiger partial charge on any atom is -0.381 e. The lowest BCUT2D eigenvalue weighted by atomic mass is 9.95. The quantitative estimate of drug-likeness (QED) is 0.526. The number of hydrogen-bond donors (Lipinski definition) is 4. The number of halogens is 3. The summed E-state index contributed by atoms with van der Waals surface area (Å²) in [6, 6.07) is 2.84. The molecule has 0 radical (unpaired) electrons. The molecule has 154 valence electrons. The highest BCUT2D eigenvalue weighted by atomic mass is 19.4. The minimum atomic E-state index is -4.49. The Hall–Kier alpha value is -2.71. The lowest BCUT2D eigenvalue weighted by molar-refractivity contribution is -0.137. The fourth-order valence-electron chi connectivity index (χ4n) is 3.01. The topological polar surface area (TPSA) is 82.3 Å². The van der Waals surface area contributed by atoms with Crippen molar-refractivity contribution in [1.82, 2.24) is 10.6 Å². The molecule has 1 fully saturated rings. The van der Waals surface area contributed by atoms with Crippen LogP contribution in [-0.2, 0) is 11.0 Å². The maximum absolute atomic E-state index is 13.1. The van der Waals surface area contributed by atoms with Gasteiger partial charge in [0.1, 0.15) is 0 Å². The van der Waals surface area contributed by atoms with Crippen LogP contribution in [0.25, 0.3) is 0 Å². The predicted octanol–water partition coefficient (Wildman–Crippen LogP) is 3.87. The number of hydrogen-bond acceptors (Lipinski definition) is 4. The van der Waals surface area contributed by atoms with Crippen LogP contribution >= 0.6 is 0 Å². The van der Waals surface area contributed by atoms with Gasteiger partial charge >= 0.3 is 12.2 Å². The molecule has 1 aliphatic carbocycles. The molecule has 0 unspecified atom stereocenters. The molecule has 0 saturated heterocycles. The molecule has 0 aliphatic heterocycles. The minimum absolute atomic E-state index is 0.169. The third-order valence-corrected chi connectivity index (χ3v) is 4.41. The van der Waals surface area contributed by atoms with Crippen LogP contribution in [0.2, 0.25) is 0 Å². The summed E-state index contributed by atoms with van der Waals surface area (Å²) in [5.41, 5.74) is -0.140. The molecule has 0 atom stereocenters. The third kappa shape index (κ3) is 6.79. The normalized spacial score (nSPS) is 14.8. The number of carbonyl (C=O) groups excluding carboxylic acids is 2. The molecule has 2 rings (SSSR count). The van der Waals surface area contributed by atoms with Crippen LogP contribution in [0.4, 0.5) is 29.3 Å². The SMILES string of the molecule is C=CCNC(=O)NC(=O)CNc1cc(C(F)(F)F)ccc1NC1CCCCC1. The zero-order chi connectivity index (χ0) is 20.6. The molecular weight excluding hydrogens is 373 g/mol. The monoisotopic (exact) mass is 398 g/mol. The first-order chi connectivity index (χ1) is 13.3. The van der Waals surface area contributed by atoms with Gasteiger partial charge in [0.25, 0.3) is 0 Å². The number of imide groups is 1. The van der Waals surface area contributed by atoms with Crippen molar-refractivity contribution in [1.29, 1.82) is 0 Å². The first kappa shape index (κ1) is 21.6. The molecule has 9 heteroatoms. The lowest BCUT2D eigenvalue weighted by Crippen LogP contribution is -2.42. The van der Waals surface area contributed by atoms with Gasteiger partial charge in [-0.2, -0.15) is 13.2 Å². The average molecular weight is 398 g/mol. The Morgan fingerprint density at radius 2 is 1.86 bits per heavy atom. The first-order valence-electron chi connectivity index (χ1n) is 9.20. The van der Waals surface area contributed by atoms with Gasteiger partial charge in [-0.3, -0.25) is 10.1 Å². The lowest BCUT2D eigenvalue weighted by Gasteiger charge is -2.26. The Morgan fingerprint density at radius 1 is 1.14 bits per heavy atom. The number of rotatable bonds is 7. The molecule has 6 nitrogen and oxygen atoms in total. The first-order valence-corrected chi connectivity index (χ1v) is 9.20. The van der Waals surface area contributed by atoms with Gasteiger partial charge in [-0.1, -0.05) is 25.3 Å². The number of anilines is 2. The van der Waals surface area contributed by atoms with E-state index in [4.69, 9.17) is 0 Å². The zero-order valence-corrected chi connectivity index (χ0v) is 15.5. The molecular formula is C19H25F3N4O2. The van der Waals surface area contributed by atoms with Crippen LogP contribution in [-0.4, -0.2) is 31.1 Å². The van der Waals surface area contributed by atoms with Gasteiger partial charge in [0.2, 0.25) is 5.91 Å². The molecule has 4 N–H and O–H groups in total. The fourth-order valence-corrected chi connectivity index (χ4v) is 3.01. The molecule has 1 aromatic carbocycles. The summed E-state index contributed by atoms with van der Waals surface area (Å²) in [6.07, 6.45) is 2.16. The second-order valence-corrected chi connectivity index (χ2v) is 6.64. The van der Waals surface area contributed by atoms with Crippen LogP contribution in [0.1, 0.15) is 37.7 Å². The summed E-state index contributed by atoms with van der Waals surface area (Å²) >= 11 is 0. The number of amides is 3. The zero-order valence-electron chi connectivity index (χ0n) is 15.5. The molecule has 1 saturated carbocycles. The maximum atomic E-state index is 13.1. The van der Waals surface area contributed by atoms with Crippen molar-refractivity contribution >= 4 is 23.3 Å². The van der Waals surface area contributed by atoms with Crippen molar-refractivity contribution in [2.75, 3.05) is 23.7 Å². The summed E-state index contributed by atoms with van der Waals surface area (Å²) < 4.78 is 39.2. The summed E-state index contributed by atoms with van der Waals surface area (Å²) in [5, 5.41) is 10.4. The molecule has 0 bridgehead atoms. The smallest absolute Gasteiger partial charge is 0.381 e. The number of urea groups is 1. The van der Waals surface area contributed by atoms with E-state index in [0.717, 1.165) is 44.2 Å². The van der Waals surface area contributed by atoms with Crippen molar-refractivity contribution in [3.05, 3.63) is 36.4 Å². The molecule has 0 spiro atoms. The van der Waals surface area contributed by atoms with E-state index in [0.29, 0.717) is 5.69 Å². The van der Waals surface area contributed by atoms with Gasteiger partial charge in [-0.05, 0) is 31.0 Å². The number of benzene rings is 1. The van der Waals surface area contributed by atoms with Crippen molar-refractivity contribution in [3.8, 4) is 0 Å². The van der Waals surface area contributed by atoms with E-state index in [9.17, 15) is 22.8 Å². The van der Waals surface area contributed by atoms with Gasteiger partial charge in [0, 0.05) is 12.6 Å². The van der Waals surface area contributed by atoms with Gasteiger partial charge in [0.05, 0.1) is 23.5 Å².